The van der Waals surface area contributed by atoms with Crippen molar-refractivity contribution < 1.29 is 9.47 Å². The zero-order valence-corrected chi connectivity index (χ0v) is 19.0. The minimum atomic E-state index is 0.408. The topological polar surface area (TPSA) is 49.3 Å². The van der Waals surface area contributed by atoms with Crippen LogP contribution in [0.25, 0.3) is 0 Å². The van der Waals surface area contributed by atoms with Crippen LogP contribution in [0.4, 0.5) is 0 Å². The highest BCUT2D eigenvalue weighted by Crippen LogP contribution is 2.33. The highest BCUT2D eigenvalue weighted by molar-refractivity contribution is 7.10. The van der Waals surface area contributed by atoms with Gasteiger partial charge < -0.3 is 19.7 Å². The zero-order chi connectivity index (χ0) is 20.9. The monoisotopic (exact) mass is 428 g/mol. The van der Waals surface area contributed by atoms with Gasteiger partial charge in [0.25, 0.3) is 0 Å². The lowest BCUT2D eigenvalue weighted by atomic mass is 9.99. The first-order valence-corrected chi connectivity index (χ1v) is 11.6. The van der Waals surface area contributed by atoms with Gasteiger partial charge in [-0.2, -0.15) is 0 Å². The summed E-state index contributed by atoms with van der Waals surface area (Å²) in [4.78, 5) is 11.0. The number of methoxy groups -OCH3 is 2. The second-order valence-corrected chi connectivity index (χ2v) is 8.83. The average Bonchev–Trinajstić information content (AvgIpc) is 3.50. The van der Waals surface area contributed by atoms with Crippen molar-refractivity contribution in [2.24, 2.45) is 4.99 Å². The highest BCUT2D eigenvalue weighted by atomic mass is 32.1. The SMILES string of the molecule is CN=C(NCC(c1cccs1)N1CCCC1)N1CCc2cc(OC)c(OC)cc2C1. The van der Waals surface area contributed by atoms with Gasteiger partial charge >= 0.3 is 0 Å². The highest BCUT2D eigenvalue weighted by Gasteiger charge is 2.26. The summed E-state index contributed by atoms with van der Waals surface area (Å²) in [5, 5.41) is 5.85. The largest absolute Gasteiger partial charge is 0.493 e. The molecular formula is C23H32N4O2S. The standard InChI is InChI=1S/C23H32N4O2S/c1-24-23(25-15-19(22-7-6-12-30-22)26-9-4-5-10-26)27-11-8-17-13-20(28-2)21(29-3)14-18(17)16-27/h6-7,12-14,19H,4-5,8-11,15-16H2,1-3H3,(H,24,25). The Hall–Kier alpha value is -2.25. The number of benzene rings is 1. The number of nitrogens with zero attached hydrogens (tertiary/aromatic N) is 3. The number of guanidine groups is 1. The van der Waals surface area contributed by atoms with E-state index in [-0.39, 0.29) is 0 Å². The first-order chi connectivity index (χ1) is 14.7. The molecule has 0 radical (unpaired) electrons. The molecule has 1 atom stereocenters. The Labute approximate surface area is 183 Å². The molecule has 0 aliphatic carbocycles. The molecule has 2 aromatic rings. The second-order valence-electron chi connectivity index (χ2n) is 7.85. The molecule has 162 valence electrons. The molecule has 1 N–H and O–H groups in total. The van der Waals surface area contributed by atoms with E-state index in [0.29, 0.717) is 6.04 Å². The maximum Gasteiger partial charge on any atom is 0.194 e. The Morgan fingerprint density at radius 1 is 1.13 bits per heavy atom. The van der Waals surface area contributed by atoms with Crippen LogP contribution in [0.2, 0.25) is 0 Å². The lowest BCUT2D eigenvalue weighted by Crippen LogP contribution is -2.46. The quantitative estimate of drug-likeness (QED) is 0.563. The summed E-state index contributed by atoms with van der Waals surface area (Å²) in [7, 11) is 5.26. The van der Waals surface area contributed by atoms with E-state index in [0.717, 1.165) is 43.5 Å². The van der Waals surface area contributed by atoms with E-state index in [9.17, 15) is 0 Å². The molecule has 0 spiro atoms. The van der Waals surface area contributed by atoms with Gasteiger partial charge in [-0.25, -0.2) is 0 Å². The molecule has 1 unspecified atom stereocenters. The Morgan fingerprint density at radius 3 is 2.50 bits per heavy atom. The normalized spacial score (nSPS) is 18.2. The number of aliphatic imine (C=N–C) groups is 1. The molecule has 6 nitrogen and oxygen atoms in total. The number of hydrogen-bond donors (Lipinski definition) is 1. The third kappa shape index (κ3) is 4.42. The number of thiophene rings is 1. The summed E-state index contributed by atoms with van der Waals surface area (Å²) in [6, 6.07) is 9.04. The van der Waals surface area contributed by atoms with Crippen molar-refractivity contribution in [3.63, 3.8) is 0 Å². The van der Waals surface area contributed by atoms with Gasteiger partial charge in [0.15, 0.2) is 17.5 Å². The molecule has 0 saturated carbocycles. The number of hydrogen-bond acceptors (Lipinski definition) is 5. The molecule has 7 heteroatoms. The van der Waals surface area contributed by atoms with Gasteiger partial charge in [-0.15, -0.1) is 11.3 Å². The van der Waals surface area contributed by atoms with Gasteiger partial charge in [-0.1, -0.05) is 6.07 Å². The summed E-state index contributed by atoms with van der Waals surface area (Å²) in [6.07, 6.45) is 3.56. The van der Waals surface area contributed by atoms with Gasteiger partial charge in [0.2, 0.25) is 0 Å². The molecule has 1 saturated heterocycles. The van der Waals surface area contributed by atoms with Crippen LogP contribution in [0.3, 0.4) is 0 Å². The molecule has 2 aliphatic heterocycles. The minimum Gasteiger partial charge on any atom is -0.493 e. The third-order valence-electron chi connectivity index (χ3n) is 6.14. The maximum atomic E-state index is 5.51. The summed E-state index contributed by atoms with van der Waals surface area (Å²) in [5.41, 5.74) is 2.60. The molecule has 0 amide bonds. The van der Waals surface area contributed by atoms with Gasteiger partial charge in [0.05, 0.1) is 20.3 Å². The van der Waals surface area contributed by atoms with E-state index in [1.807, 2.05) is 18.4 Å². The number of fused-ring (bicyclic) bond motifs is 1. The average molecular weight is 429 g/mol. The molecule has 1 aromatic carbocycles. The molecule has 2 aliphatic rings. The van der Waals surface area contributed by atoms with E-state index in [1.54, 1.807) is 14.2 Å². The van der Waals surface area contributed by atoms with Crippen LogP contribution in [0.5, 0.6) is 11.5 Å². The van der Waals surface area contributed by atoms with Crippen LogP contribution >= 0.6 is 11.3 Å². The van der Waals surface area contributed by atoms with Crippen LogP contribution in [-0.4, -0.2) is 63.2 Å². The summed E-state index contributed by atoms with van der Waals surface area (Å²) in [5.74, 6) is 2.56. The van der Waals surface area contributed by atoms with Crippen LogP contribution in [0.15, 0.2) is 34.6 Å². The third-order valence-corrected chi connectivity index (χ3v) is 7.11. The molecule has 1 aromatic heterocycles. The van der Waals surface area contributed by atoms with Crippen LogP contribution in [0.1, 0.15) is 34.9 Å². The second kappa shape index (κ2) is 9.71. The van der Waals surface area contributed by atoms with Crippen LogP contribution in [-0.2, 0) is 13.0 Å². The predicted molar refractivity (Wildman–Crippen MR) is 123 cm³/mol. The number of likely N-dealkylation sites (tertiary alicyclic amines) is 1. The van der Waals surface area contributed by atoms with Crippen molar-refractivity contribution in [2.45, 2.75) is 31.8 Å². The summed E-state index contributed by atoms with van der Waals surface area (Å²) >= 11 is 1.85. The lowest BCUT2D eigenvalue weighted by Gasteiger charge is -2.34. The Kier molecular flexibility index (Phi) is 6.79. The first kappa shape index (κ1) is 21.0. The van der Waals surface area contributed by atoms with E-state index in [2.05, 4.69) is 49.8 Å². The lowest BCUT2D eigenvalue weighted by molar-refractivity contribution is 0.246. The van der Waals surface area contributed by atoms with E-state index >= 15 is 0 Å². The van der Waals surface area contributed by atoms with E-state index in [1.165, 1.54) is 41.9 Å². The molecule has 3 heterocycles. The predicted octanol–water partition coefficient (Wildman–Crippen LogP) is 3.54. The maximum absolute atomic E-state index is 5.51. The van der Waals surface area contributed by atoms with Crippen molar-refractivity contribution in [3.05, 3.63) is 45.6 Å². The molecule has 30 heavy (non-hydrogen) atoms. The van der Waals surface area contributed by atoms with E-state index in [4.69, 9.17) is 9.47 Å². The molecular weight excluding hydrogens is 396 g/mol. The minimum absolute atomic E-state index is 0.408. The zero-order valence-electron chi connectivity index (χ0n) is 18.2. The van der Waals surface area contributed by atoms with Crippen LogP contribution in [0, 0.1) is 0 Å². The Morgan fingerprint density at radius 2 is 1.87 bits per heavy atom. The summed E-state index contributed by atoms with van der Waals surface area (Å²) in [6.45, 7) is 5.00. The fraction of sp³-hybridized carbons (Fsp3) is 0.522. The number of rotatable bonds is 6. The fourth-order valence-electron chi connectivity index (χ4n) is 4.53. The van der Waals surface area contributed by atoms with E-state index < -0.39 is 0 Å². The number of ether oxygens (including phenoxy) is 2. The number of nitrogens with one attached hydrogen (secondary N) is 1. The van der Waals surface area contributed by atoms with Gasteiger partial charge in [-0.3, -0.25) is 9.89 Å². The van der Waals surface area contributed by atoms with Crippen molar-refractivity contribution in [2.75, 3.05) is 47.4 Å². The fourth-order valence-corrected chi connectivity index (χ4v) is 5.39. The van der Waals surface area contributed by atoms with Gasteiger partial charge in [0, 0.05) is 31.6 Å². The Balaban J connectivity index is 1.45. The molecule has 0 bridgehead atoms. The molecule has 1 fully saturated rings. The Bertz CT molecular complexity index is 862. The van der Waals surface area contributed by atoms with Crippen molar-refractivity contribution in [1.82, 2.24) is 15.1 Å². The summed E-state index contributed by atoms with van der Waals surface area (Å²) < 4.78 is 11.0. The van der Waals surface area contributed by atoms with Gasteiger partial charge in [0.1, 0.15) is 0 Å². The first-order valence-electron chi connectivity index (χ1n) is 10.7. The van der Waals surface area contributed by atoms with Crippen molar-refractivity contribution >= 4 is 17.3 Å². The van der Waals surface area contributed by atoms with Crippen molar-refractivity contribution in [1.29, 1.82) is 0 Å². The van der Waals surface area contributed by atoms with Gasteiger partial charge in [-0.05, 0) is 67.1 Å². The van der Waals surface area contributed by atoms with Crippen LogP contribution < -0.4 is 14.8 Å². The van der Waals surface area contributed by atoms with Crippen molar-refractivity contribution in [3.8, 4) is 11.5 Å². The molecule has 4 rings (SSSR count). The smallest absolute Gasteiger partial charge is 0.194 e.